The minimum Gasteiger partial charge on any atom is -0.493 e. The van der Waals surface area contributed by atoms with Crippen molar-refractivity contribution in [3.63, 3.8) is 0 Å². The highest BCUT2D eigenvalue weighted by Gasteiger charge is 2.22. The van der Waals surface area contributed by atoms with E-state index in [9.17, 15) is 0 Å². The Bertz CT molecular complexity index is 723. The van der Waals surface area contributed by atoms with Crippen LogP contribution in [-0.4, -0.2) is 35.6 Å². The highest BCUT2D eigenvalue weighted by molar-refractivity contribution is 6.33. The molecule has 6 nitrogen and oxygen atoms in total. The molecule has 0 fully saturated rings. The highest BCUT2D eigenvalue weighted by atomic mass is 35.5. The summed E-state index contributed by atoms with van der Waals surface area (Å²) < 4.78 is 10.6. The third-order valence-corrected chi connectivity index (χ3v) is 4.49. The molecule has 2 heterocycles. The van der Waals surface area contributed by atoms with Crippen molar-refractivity contribution in [1.82, 2.24) is 14.9 Å². The molecule has 23 heavy (non-hydrogen) atoms. The predicted molar refractivity (Wildman–Crippen MR) is 88.8 cm³/mol. The summed E-state index contributed by atoms with van der Waals surface area (Å²) in [6, 6.07) is 3.84. The van der Waals surface area contributed by atoms with Crippen LogP contribution in [0.25, 0.3) is 0 Å². The lowest BCUT2D eigenvalue weighted by atomic mass is 10.0. The molecule has 0 radical (unpaired) electrons. The van der Waals surface area contributed by atoms with Gasteiger partial charge >= 0.3 is 0 Å². The number of nitrogens with two attached hydrogens (primary N) is 1. The van der Waals surface area contributed by atoms with Gasteiger partial charge in [0.05, 0.1) is 24.9 Å². The molecule has 0 saturated heterocycles. The first kappa shape index (κ1) is 15.8. The normalized spacial score (nSPS) is 14.4. The number of rotatable bonds is 4. The highest BCUT2D eigenvalue weighted by Crippen LogP contribution is 2.38. The van der Waals surface area contributed by atoms with Crippen LogP contribution in [0.1, 0.15) is 16.8 Å². The molecule has 2 aromatic rings. The van der Waals surface area contributed by atoms with E-state index in [0.717, 1.165) is 36.3 Å². The first-order valence-electron chi connectivity index (χ1n) is 7.34. The van der Waals surface area contributed by atoms with E-state index in [4.69, 9.17) is 26.8 Å². The average molecular weight is 335 g/mol. The maximum Gasteiger partial charge on any atom is 0.179 e. The van der Waals surface area contributed by atoms with Crippen LogP contribution < -0.4 is 15.2 Å². The largest absolute Gasteiger partial charge is 0.493 e. The van der Waals surface area contributed by atoms with Crippen LogP contribution in [0.4, 0.5) is 5.82 Å². The van der Waals surface area contributed by atoms with Gasteiger partial charge in [-0.1, -0.05) is 17.7 Å². The first-order chi connectivity index (χ1) is 11.1. The Balaban J connectivity index is 1.81. The van der Waals surface area contributed by atoms with E-state index in [-0.39, 0.29) is 0 Å². The predicted octanol–water partition coefficient (Wildman–Crippen LogP) is 2.29. The minimum atomic E-state index is 0.565. The molecule has 2 N–H and O–H groups in total. The van der Waals surface area contributed by atoms with Gasteiger partial charge in [0, 0.05) is 25.2 Å². The standard InChI is InChI=1S/C16H19ClN4O2/c1-22-13-4-3-10(14(17)15(13)23-2)7-21-6-5-11-12(8-21)19-9-20-16(11)18/h3-4,9H,5-8H2,1-2H3,(H2,18,19,20). The van der Waals surface area contributed by atoms with E-state index in [0.29, 0.717) is 28.9 Å². The van der Waals surface area contributed by atoms with E-state index in [1.54, 1.807) is 14.2 Å². The first-order valence-corrected chi connectivity index (χ1v) is 7.71. The molecule has 1 aliphatic heterocycles. The number of ether oxygens (including phenoxy) is 2. The monoisotopic (exact) mass is 334 g/mol. The van der Waals surface area contributed by atoms with E-state index in [1.165, 1.54) is 6.33 Å². The molecular weight excluding hydrogens is 316 g/mol. The lowest BCUT2D eigenvalue weighted by molar-refractivity contribution is 0.241. The summed E-state index contributed by atoms with van der Waals surface area (Å²) in [5, 5.41) is 0.583. The van der Waals surface area contributed by atoms with Crippen LogP contribution in [0.3, 0.4) is 0 Å². The second-order valence-corrected chi connectivity index (χ2v) is 5.80. The van der Waals surface area contributed by atoms with Gasteiger partial charge in [-0.05, 0) is 18.1 Å². The summed E-state index contributed by atoms with van der Waals surface area (Å²) in [6.07, 6.45) is 2.36. The molecule has 3 rings (SSSR count). The van der Waals surface area contributed by atoms with Gasteiger partial charge in [-0.15, -0.1) is 0 Å². The third-order valence-electron chi connectivity index (χ3n) is 4.08. The Labute approximate surface area is 140 Å². The quantitative estimate of drug-likeness (QED) is 0.924. The maximum absolute atomic E-state index is 6.46. The number of anilines is 1. The fourth-order valence-electron chi connectivity index (χ4n) is 2.86. The van der Waals surface area contributed by atoms with Crippen molar-refractivity contribution in [2.45, 2.75) is 19.5 Å². The molecule has 1 aromatic heterocycles. The van der Waals surface area contributed by atoms with Gasteiger partial charge in [-0.25, -0.2) is 9.97 Å². The Morgan fingerprint density at radius 1 is 1.26 bits per heavy atom. The molecular formula is C16H19ClN4O2. The zero-order valence-electron chi connectivity index (χ0n) is 13.2. The van der Waals surface area contributed by atoms with Gasteiger partial charge in [-0.3, -0.25) is 4.90 Å². The van der Waals surface area contributed by atoms with Gasteiger partial charge in [0.25, 0.3) is 0 Å². The van der Waals surface area contributed by atoms with Crippen LogP contribution in [0.2, 0.25) is 5.02 Å². The molecule has 1 aliphatic rings. The minimum absolute atomic E-state index is 0.565. The van der Waals surface area contributed by atoms with Gasteiger partial charge in [0.1, 0.15) is 12.1 Å². The van der Waals surface area contributed by atoms with Gasteiger partial charge in [0.2, 0.25) is 0 Å². The number of nitrogen functional groups attached to an aromatic ring is 1. The lowest BCUT2D eigenvalue weighted by Gasteiger charge is -2.28. The number of fused-ring (bicyclic) bond motifs is 1. The van der Waals surface area contributed by atoms with Crippen molar-refractivity contribution >= 4 is 17.4 Å². The van der Waals surface area contributed by atoms with Crippen LogP contribution in [0.15, 0.2) is 18.5 Å². The summed E-state index contributed by atoms with van der Waals surface area (Å²) in [4.78, 5) is 10.7. The van der Waals surface area contributed by atoms with Crippen molar-refractivity contribution in [2.75, 3.05) is 26.5 Å². The van der Waals surface area contributed by atoms with Crippen LogP contribution in [-0.2, 0) is 19.5 Å². The SMILES string of the molecule is COc1ccc(CN2CCc3c(N)ncnc3C2)c(Cl)c1OC. The fraction of sp³-hybridized carbons (Fsp3) is 0.375. The zero-order chi connectivity index (χ0) is 16.4. The molecule has 0 amide bonds. The van der Waals surface area contributed by atoms with Crippen molar-refractivity contribution in [3.05, 3.63) is 40.3 Å². The number of halogens is 1. The fourth-order valence-corrected chi connectivity index (χ4v) is 3.15. The Kier molecular flexibility index (Phi) is 4.54. The smallest absolute Gasteiger partial charge is 0.179 e. The van der Waals surface area contributed by atoms with Crippen LogP contribution in [0, 0.1) is 0 Å². The number of hydrogen-bond donors (Lipinski definition) is 1. The second kappa shape index (κ2) is 6.60. The van der Waals surface area contributed by atoms with Gasteiger partial charge in [0.15, 0.2) is 11.5 Å². The summed E-state index contributed by atoms with van der Waals surface area (Å²) in [6.45, 7) is 2.32. The third kappa shape index (κ3) is 3.04. The van der Waals surface area contributed by atoms with E-state index in [1.807, 2.05) is 12.1 Å². The topological polar surface area (TPSA) is 73.5 Å². The number of methoxy groups -OCH3 is 2. The molecule has 0 saturated carbocycles. The summed E-state index contributed by atoms with van der Waals surface area (Å²) >= 11 is 6.46. The second-order valence-electron chi connectivity index (χ2n) is 5.42. The summed E-state index contributed by atoms with van der Waals surface area (Å²) in [5.74, 6) is 1.78. The Morgan fingerprint density at radius 2 is 2.09 bits per heavy atom. The number of benzene rings is 1. The number of hydrogen-bond acceptors (Lipinski definition) is 6. The summed E-state index contributed by atoms with van der Waals surface area (Å²) in [7, 11) is 3.18. The Morgan fingerprint density at radius 3 is 2.83 bits per heavy atom. The summed E-state index contributed by atoms with van der Waals surface area (Å²) in [5.41, 5.74) is 8.95. The molecule has 0 bridgehead atoms. The molecule has 7 heteroatoms. The van der Waals surface area contributed by atoms with Crippen molar-refractivity contribution in [1.29, 1.82) is 0 Å². The number of nitrogens with zero attached hydrogens (tertiary/aromatic N) is 3. The molecule has 0 atom stereocenters. The van der Waals surface area contributed by atoms with E-state index >= 15 is 0 Å². The van der Waals surface area contributed by atoms with Crippen LogP contribution in [0.5, 0.6) is 11.5 Å². The van der Waals surface area contributed by atoms with Gasteiger partial charge in [-0.2, -0.15) is 0 Å². The zero-order valence-corrected chi connectivity index (χ0v) is 13.9. The Hall–Kier alpha value is -2.05. The van der Waals surface area contributed by atoms with Crippen molar-refractivity contribution in [3.8, 4) is 11.5 Å². The maximum atomic E-state index is 6.46. The van der Waals surface area contributed by atoms with E-state index < -0.39 is 0 Å². The molecule has 1 aromatic carbocycles. The van der Waals surface area contributed by atoms with Gasteiger partial charge < -0.3 is 15.2 Å². The molecule has 122 valence electrons. The molecule has 0 spiro atoms. The number of aromatic nitrogens is 2. The average Bonchev–Trinajstić information content (AvgIpc) is 2.56. The lowest BCUT2D eigenvalue weighted by Crippen LogP contribution is -2.31. The van der Waals surface area contributed by atoms with Crippen molar-refractivity contribution < 1.29 is 9.47 Å². The molecule has 0 unspecified atom stereocenters. The van der Waals surface area contributed by atoms with E-state index in [2.05, 4.69) is 14.9 Å². The molecule has 0 aliphatic carbocycles. The van der Waals surface area contributed by atoms with Crippen LogP contribution >= 0.6 is 11.6 Å². The van der Waals surface area contributed by atoms with Crippen molar-refractivity contribution in [2.24, 2.45) is 0 Å².